The van der Waals surface area contributed by atoms with Gasteiger partial charge in [0.25, 0.3) is 17.7 Å². The van der Waals surface area contributed by atoms with Crippen LogP contribution in [0.5, 0.6) is 11.5 Å². The van der Waals surface area contributed by atoms with Crippen LogP contribution in [-0.4, -0.2) is 149 Å². The molecule has 8 rings (SSSR count). The first-order valence-electron chi connectivity index (χ1n) is 25.1. The summed E-state index contributed by atoms with van der Waals surface area (Å²) < 4.78 is 41.7. The molecule has 1 aromatic heterocycles. The summed E-state index contributed by atoms with van der Waals surface area (Å²) in [7, 11) is 1.57. The summed E-state index contributed by atoms with van der Waals surface area (Å²) in [6.45, 7) is 7.55. The maximum Gasteiger partial charge on any atom is 0.264 e. The van der Waals surface area contributed by atoms with E-state index in [1.54, 1.807) is 37.4 Å². The van der Waals surface area contributed by atoms with E-state index in [0.29, 0.717) is 108 Å². The standard InChI is InChI=1S/C53H65N7O13/c1-34-44(67-2)31-37(50(63)57-40-12-11-35-9-10-36(30-39(35)40)42-33-59-18-4-8-46(59)56-42)32-45(34)73-19-5-16-55-47(61)15-20-68-22-24-70-26-28-72-29-27-71-25-23-69-21-17-54-41-7-3-6-38-49(41)53(66)60(52(38)65)43-13-14-48(62)58-51(43)64/h3,6-7,9-10,30-33,40,43,54H,4-5,8,11-29H2,1-2H3,(H,55,61)(H,57,63)(H,58,62,64)/t40-,43?/m1/s1. The van der Waals surface area contributed by atoms with Crippen molar-refractivity contribution >= 4 is 41.1 Å². The smallest absolute Gasteiger partial charge is 0.264 e. The fourth-order valence-corrected chi connectivity index (χ4v) is 9.34. The van der Waals surface area contributed by atoms with Crippen LogP contribution in [-0.2, 0) is 57.5 Å². The molecule has 1 saturated heterocycles. The van der Waals surface area contributed by atoms with E-state index in [0.717, 1.165) is 65.3 Å². The second-order valence-electron chi connectivity index (χ2n) is 18.1. The summed E-state index contributed by atoms with van der Waals surface area (Å²) in [6.07, 6.45) is 6.91. The SMILES string of the molecule is COc1cc(C(=O)N[C@@H]2CCc3ccc(-c4cn5c(n4)CCC5)cc32)cc(OCCCNC(=O)CCOCCOCCOCCOCCOCCNc2cccc3c2C(=O)N(C2CCC(=O)NC2=O)C3=O)c1C. The molecule has 0 spiro atoms. The van der Waals surface area contributed by atoms with Crippen LogP contribution in [0.25, 0.3) is 11.3 Å². The Bertz CT molecular complexity index is 2610. The van der Waals surface area contributed by atoms with Gasteiger partial charge in [-0.2, -0.15) is 0 Å². The van der Waals surface area contributed by atoms with Gasteiger partial charge in [-0.1, -0.05) is 18.2 Å². The van der Waals surface area contributed by atoms with Crippen LogP contribution in [0.3, 0.4) is 0 Å². The number of benzene rings is 3. The largest absolute Gasteiger partial charge is 0.496 e. The van der Waals surface area contributed by atoms with Crippen LogP contribution in [0.2, 0.25) is 0 Å². The van der Waals surface area contributed by atoms with Crippen LogP contribution in [0.1, 0.15) is 98.2 Å². The van der Waals surface area contributed by atoms with E-state index in [-0.39, 0.29) is 54.9 Å². The average Bonchev–Trinajstić information content (AvgIpc) is 4.17. The number of carbonyl (C=O) groups is 6. The minimum absolute atomic E-state index is 0.0545. The lowest BCUT2D eigenvalue weighted by Gasteiger charge is -2.27. The number of carbonyl (C=O) groups excluding carboxylic acids is 6. The average molecular weight is 1010 g/mol. The molecule has 1 aliphatic carbocycles. The number of ether oxygens (including phenoxy) is 7. The van der Waals surface area contributed by atoms with E-state index >= 15 is 0 Å². The summed E-state index contributed by atoms with van der Waals surface area (Å²) >= 11 is 0. The highest BCUT2D eigenvalue weighted by atomic mass is 16.6. The lowest BCUT2D eigenvalue weighted by Crippen LogP contribution is -2.54. The first-order chi connectivity index (χ1) is 35.6. The third-order valence-electron chi connectivity index (χ3n) is 13.2. The Morgan fingerprint density at radius 1 is 0.781 bits per heavy atom. The molecule has 3 aromatic carbocycles. The molecule has 390 valence electrons. The maximum atomic E-state index is 13.7. The number of nitrogens with one attached hydrogen (secondary N) is 4. The molecule has 0 bridgehead atoms. The topological polar surface area (TPSA) is 236 Å². The lowest BCUT2D eigenvalue weighted by atomic mass is 10.0. The number of anilines is 1. The van der Waals surface area contributed by atoms with Crippen LogP contribution >= 0.6 is 0 Å². The molecule has 1 unspecified atom stereocenters. The number of piperidine rings is 1. The van der Waals surface area contributed by atoms with Gasteiger partial charge in [-0.3, -0.25) is 39.0 Å². The number of imide groups is 2. The molecule has 4 N–H and O–H groups in total. The minimum atomic E-state index is -1.03. The highest BCUT2D eigenvalue weighted by Gasteiger charge is 2.45. The number of aromatic nitrogens is 2. The monoisotopic (exact) mass is 1010 g/mol. The Morgan fingerprint density at radius 2 is 1.51 bits per heavy atom. The van der Waals surface area contributed by atoms with E-state index in [1.165, 1.54) is 5.56 Å². The Kier molecular flexibility index (Phi) is 18.6. The molecule has 73 heavy (non-hydrogen) atoms. The molecule has 4 heterocycles. The maximum absolute atomic E-state index is 13.7. The number of imidazole rings is 1. The summed E-state index contributed by atoms with van der Waals surface area (Å²) in [5.74, 6) is -0.297. The Balaban J connectivity index is 0.609. The van der Waals surface area contributed by atoms with Gasteiger partial charge in [0.15, 0.2) is 0 Å². The molecule has 0 saturated carbocycles. The predicted molar refractivity (Wildman–Crippen MR) is 266 cm³/mol. The van der Waals surface area contributed by atoms with Crippen molar-refractivity contribution in [2.45, 2.75) is 76.9 Å². The zero-order valence-electron chi connectivity index (χ0n) is 41.6. The second kappa shape index (κ2) is 25.8. The number of methoxy groups -OCH3 is 1. The molecule has 2 atom stereocenters. The van der Waals surface area contributed by atoms with Gasteiger partial charge in [0.05, 0.1) is 103 Å². The van der Waals surface area contributed by atoms with Gasteiger partial charge in [-0.15, -0.1) is 0 Å². The van der Waals surface area contributed by atoms with Gasteiger partial charge in [0, 0.05) is 67.5 Å². The summed E-state index contributed by atoms with van der Waals surface area (Å²) in [6, 6.07) is 13.7. The Morgan fingerprint density at radius 3 is 2.23 bits per heavy atom. The zero-order chi connectivity index (χ0) is 51.1. The van der Waals surface area contributed by atoms with Gasteiger partial charge in [0.2, 0.25) is 17.7 Å². The van der Waals surface area contributed by atoms with E-state index in [9.17, 15) is 28.8 Å². The van der Waals surface area contributed by atoms with Gasteiger partial charge in [-0.25, -0.2) is 4.98 Å². The number of hydrogen-bond donors (Lipinski definition) is 4. The van der Waals surface area contributed by atoms with Crippen LogP contribution in [0, 0.1) is 6.92 Å². The molecule has 4 aliphatic rings. The molecular formula is C53H65N7O13. The molecule has 1 fully saturated rings. The molecule has 20 heteroatoms. The van der Waals surface area contributed by atoms with Crippen molar-refractivity contribution in [3.8, 4) is 22.8 Å². The van der Waals surface area contributed by atoms with Crippen molar-refractivity contribution in [1.29, 1.82) is 0 Å². The molecule has 20 nitrogen and oxygen atoms in total. The summed E-state index contributed by atoms with van der Waals surface area (Å²) in [5.41, 5.74) is 6.51. The predicted octanol–water partition coefficient (Wildman–Crippen LogP) is 4.10. The molecular weight excluding hydrogens is 943 g/mol. The third-order valence-corrected chi connectivity index (χ3v) is 13.2. The lowest BCUT2D eigenvalue weighted by molar-refractivity contribution is -0.136. The Hall–Kier alpha value is -6.71. The van der Waals surface area contributed by atoms with Crippen molar-refractivity contribution in [2.24, 2.45) is 0 Å². The van der Waals surface area contributed by atoms with E-state index in [4.69, 9.17) is 38.1 Å². The fraction of sp³-hybridized carbons (Fsp3) is 0.491. The highest BCUT2D eigenvalue weighted by molar-refractivity contribution is 6.25. The van der Waals surface area contributed by atoms with Crippen LogP contribution < -0.4 is 30.7 Å². The first kappa shape index (κ1) is 52.6. The van der Waals surface area contributed by atoms with Gasteiger partial charge >= 0.3 is 0 Å². The van der Waals surface area contributed by atoms with Crippen molar-refractivity contribution in [3.05, 3.63) is 93.9 Å². The number of amides is 6. The van der Waals surface area contributed by atoms with Gasteiger partial charge in [-0.05, 0) is 80.5 Å². The fourth-order valence-electron chi connectivity index (χ4n) is 9.34. The van der Waals surface area contributed by atoms with Crippen molar-refractivity contribution in [1.82, 2.24) is 30.4 Å². The van der Waals surface area contributed by atoms with E-state index < -0.39 is 29.7 Å². The molecule has 3 aliphatic heterocycles. The third kappa shape index (κ3) is 13.5. The number of nitrogens with zero attached hydrogens (tertiary/aromatic N) is 3. The van der Waals surface area contributed by atoms with Crippen LogP contribution in [0.15, 0.2) is 54.7 Å². The highest BCUT2D eigenvalue weighted by Crippen LogP contribution is 2.37. The first-order valence-corrected chi connectivity index (χ1v) is 25.1. The second-order valence-corrected chi connectivity index (χ2v) is 18.1. The summed E-state index contributed by atoms with van der Waals surface area (Å²) in [5, 5.41) is 11.5. The van der Waals surface area contributed by atoms with E-state index in [1.807, 2.05) is 6.92 Å². The molecule has 4 aromatic rings. The zero-order valence-corrected chi connectivity index (χ0v) is 41.6. The van der Waals surface area contributed by atoms with Crippen molar-refractivity contribution in [3.63, 3.8) is 0 Å². The number of rotatable bonds is 29. The summed E-state index contributed by atoms with van der Waals surface area (Å²) in [4.78, 5) is 82.0. The van der Waals surface area contributed by atoms with Gasteiger partial charge < -0.3 is 53.7 Å². The number of hydrogen-bond acceptors (Lipinski definition) is 15. The van der Waals surface area contributed by atoms with Crippen molar-refractivity contribution < 1.29 is 61.9 Å². The van der Waals surface area contributed by atoms with Crippen molar-refractivity contribution in [2.75, 3.05) is 98.2 Å². The molecule has 0 radical (unpaired) electrons. The Labute approximate surface area is 424 Å². The normalized spacial score (nSPS) is 16.8. The quantitative estimate of drug-likeness (QED) is 0.0443. The minimum Gasteiger partial charge on any atom is -0.496 e. The molecule has 6 amide bonds. The number of fused-ring (bicyclic) bond motifs is 3. The number of aryl methyl sites for hydroxylation is 3. The van der Waals surface area contributed by atoms with E-state index in [2.05, 4.69) is 50.2 Å². The van der Waals surface area contributed by atoms with Crippen LogP contribution in [0.4, 0.5) is 5.69 Å². The van der Waals surface area contributed by atoms with Gasteiger partial charge in [0.1, 0.15) is 23.4 Å².